The van der Waals surface area contributed by atoms with Crippen LogP contribution >= 0.6 is 0 Å². The molecule has 210 valence electrons. The van der Waals surface area contributed by atoms with Gasteiger partial charge in [0.05, 0.1) is 0 Å². The molecule has 5 atom stereocenters. The van der Waals surface area contributed by atoms with Crippen LogP contribution in [0.5, 0.6) is 0 Å². The first-order chi connectivity index (χ1) is 19.3. The minimum absolute atomic E-state index is 0.0126. The summed E-state index contributed by atoms with van der Waals surface area (Å²) in [6.45, 7) is 33.4. The molecule has 3 aliphatic rings. The Balaban J connectivity index is 1.64. The van der Waals surface area contributed by atoms with Gasteiger partial charge in [-0.15, -0.1) is 0 Å². The molecule has 0 nitrogen and oxygen atoms in total. The maximum Gasteiger partial charge on any atom is 0.0196 e. The van der Waals surface area contributed by atoms with Crippen LogP contribution in [-0.2, 0) is 6.42 Å². The molecule has 0 aliphatic heterocycles. The van der Waals surface area contributed by atoms with Gasteiger partial charge in [-0.1, -0.05) is 125 Å². The summed E-state index contributed by atoms with van der Waals surface area (Å²) in [5.74, 6) is 0.735. The third-order valence-electron chi connectivity index (χ3n) is 12.3. The smallest absolute Gasteiger partial charge is 0.0196 e. The predicted molar refractivity (Wildman–Crippen MR) is 178 cm³/mol. The highest BCUT2D eigenvalue weighted by Crippen LogP contribution is 2.74. The van der Waals surface area contributed by atoms with Gasteiger partial charge in [-0.2, -0.15) is 0 Å². The molecule has 6 rings (SSSR count). The summed E-state index contributed by atoms with van der Waals surface area (Å²) in [6.07, 6.45) is 2.06. The normalized spacial score (nSPS) is 31.2. The van der Waals surface area contributed by atoms with Crippen molar-refractivity contribution in [3.8, 4) is 0 Å². The molecule has 0 spiro atoms. The fraction of sp³-hybridized carbons (Fsp3) is 0.366. The zero-order chi connectivity index (χ0) is 29.6. The molecule has 0 saturated heterocycles. The highest BCUT2D eigenvalue weighted by Gasteiger charge is 2.65. The second-order valence-electron chi connectivity index (χ2n) is 14.1. The molecule has 3 aliphatic carbocycles. The number of fused-ring (bicyclic) bond motifs is 4. The number of benzene rings is 3. The van der Waals surface area contributed by atoms with Crippen LogP contribution in [0.3, 0.4) is 0 Å². The lowest BCUT2D eigenvalue weighted by Crippen LogP contribution is -2.59. The van der Waals surface area contributed by atoms with Crippen LogP contribution < -0.4 is 0 Å². The predicted octanol–water partition coefficient (Wildman–Crippen LogP) is 11.3. The van der Waals surface area contributed by atoms with Crippen LogP contribution in [0.1, 0.15) is 83.1 Å². The Morgan fingerprint density at radius 3 is 2.27 bits per heavy atom. The Morgan fingerprint density at radius 1 is 0.902 bits per heavy atom. The van der Waals surface area contributed by atoms with Gasteiger partial charge in [0.25, 0.3) is 0 Å². The van der Waals surface area contributed by atoms with Crippen LogP contribution in [0.2, 0.25) is 0 Å². The summed E-state index contributed by atoms with van der Waals surface area (Å²) >= 11 is 0. The van der Waals surface area contributed by atoms with E-state index in [2.05, 4.69) is 123 Å². The van der Waals surface area contributed by atoms with Crippen molar-refractivity contribution in [2.45, 2.75) is 74.1 Å². The quantitative estimate of drug-likeness (QED) is 0.311. The molecule has 0 saturated carbocycles. The molecule has 0 amide bonds. The number of hydrogen-bond acceptors (Lipinski definition) is 0. The van der Waals surface area contributed by atoms with Crippen molar-refractivity contribution >= 4 is 16.3 Å². The first kappa shape index (κ1) is 27.8. The van der Waals surface area contributed by atoms with E-state index in [4.69, 9.17) is 13.2 Å². The number of rotatable bonds is 3. The molecular weight excluding hydrogens is 492 g/mol. The molecule has 0 heterocycles. The van der Waals surface area contributed by atoms with Gasteiger partial charge in [-0.3, -0.25) is 0 Å². The highest BCUT2D eigenvalue weighted by molar-refractivity contribution is 5.88. The molecule has 3 aromatic rings. The minimum Gasteiger partial charge on any atom is -0.0955 e. The zero-order valence-corrected chi connectivity index (χ0v) is 26.5. The number of hydrogen-bond donors (Lipinski definition) is 0. The van der Waals surface area contributed by atoms with E-state index in [-0.39, 0.29) is 16.2 Å². The van der Waals surface area contributed by atoms with Crippen LogP contribution in [-0.4, -0.2) is 0 Å². The van der Waals surface area contributed by atoms with Crippen molar-refractivity contribution in [3.05, 3.63) is 136 Å². The summed E-state index contributed by atoms with van der Waals surface area (Å²) in [5.41, 5.74) is 14.6. The second-order valence-corrected chi connectivity index (χ2v) is 14.1. The van der Waals surface area contributed by atoms with Crippen molar-refractivity contribution in [1.82, 2.24) is 0 Å². The topological polar surface area (TPSA) is 0 Å². The molecule has 0 radical (unpaired) electrons. The van der Waals surface area contributed by atoms with Gasteiger partial charge in [0.2, 0.25) is 0 Å². The molecule has 0 aromatic heterocycles. The SMILES string of the molecule is C=C(C)C1=C(C)C[C@@]2(C)[C@H](C)[C@]3(C)C(=C(C)[C@@]2(C)C1=C)C(=C)c1c(C)cccc1[C@H]3Cc1ccc2ccccc2c1. The average Bonchev–Trinajstić information content (AvgIpc) is 2.92. The average molecular weight is 539 g/mol. The van der Waals surface area contributed by atoms with E-state index in [9.17, 15) is 0 Å². The Hall–Kier alpha value is -3.38. The largest absolute Gasteiger partial charge is 0.0955 e. The molecule has 41 heavy (non-hydrogen) atoms. The standard InChI is InChI=1S/C41H46/c1-24(2)36-26(4)23-39(9)30(8)40(10)35(22-31-19-20-32-16-12-13-17-33(32)21-31)34-18-14-15-25(3)37(34)27(5)38(40)29(7)41(39,11)28(36)6/h12-21,30,35H,1,5-6,22-23H2,2-4,7-11H3/t30-,35+,39-,40-,41+/m0/s1. The number of aryl methyl sites for hydroxylation is 1. The maximum atomic E-state index is 4.88. The maximum absolute atomic E-state index is 4.88. The van der Waals surface area contributed by atoms with E-state index in [1.165, 1.54) is 66.5 Å². The van der Waals surface area contributed by atoms with E-state index in [0.717, 1.165) is 18.4 Å². The third-order valence-corrected chi connectivity index (χ3v) is 12.3. The lowest BCUT2D eigenvalue weighted by atomic mass is 9.36. The Morgan fingerprint density at radius 2 is 1.59 bits per heavy atom. The first-order valence-corrected chi connectivity index (χ1v) is 15.3. The summed E-state index contributed by atoms with van der Waals surface area (Å²) in [7, 11) is 0. The van der Waals surface area contributed by atoms with Gasteiger partial charge < -0.3 is 0 Å². The lowest BCUT2D eigenvalue weighted by molar-refractivity contribution is -0.0285. The fourth-order valence-corrected chi connectivity index (χ4v) is 9.86. The number of allylic oxidation sites excluding steroid dienone is 7. The second kappa shape index (κ2) is 9.06. The van der Waals surface area contributed by atoms with Crippen LogP contribution in [0.25, 0.3) is 16.3 Å². The zero-order valence-electron chi connectivity index (χ0n) is 26.5. The van der Waals surface area contributed by atoms with Crippen LogP contribution in [0.4, 0.5) is 0 Å². The summed E-state index contributed by atoms with van der Waals surface area (Å²) in [4.78, 5) is 0. The molecule has 0 bridgehead atoms. The Bertz CT molecular complexity index is 1740. The van der Waals surface area contributed by atoms with Gasteiger partial charge in [0.15, 0.2) is 0 Å². The van der Waals surface area contributed by atoms with E-state index in [0.29, 0.717) is 11.8 Å². The highest BCUT2D eigenvalue weighted by atomic mass is 14.7. The lowest BCUT2D eigenvalue weighted by Gasteiger charge is -2.67. The van der Waals surface area contributed by atoms with E-state index in [1.54, 1.807) is 0 Å². The minimum atomic E-state index is -0.175. The summed E-state index contributed by atoms with van der Waals surface area (Å²) in [5, 5.41) is 2.62. The Labute approximate surface area is 248 Å². The van der Waals surface area contributed by atoms with Gasteiger partial charge in [-0.25, -0.2) is 0 Å². The van der Waals surface area contributed by atoms with Gasteiger partial charge in [-0.05, 0) is 113 Å². The van der Waals surface area contributed by atoms with Gasteiger partial charge in [0.1, 0.15) is 0 Å². The van der Waals surface area contributed by atoms with Crippen molar-refractivity contribution < 1.29 is 0 Å². The molecule has 0 unspecified atom stereocenters. The van der Waals surface area contributed by atoms with Crippen LogP contribution in [0, 0.1) is 29.1 Å². The monoisotopic (exact) mass is 538 g/mol. The van der Waals surface area contributed by atoms with E-state index < -0.39 is 0 Å². The van der Waals surface area contributed by atoms with Crippen LogP contribution in [0.15, 0.2) is 114 Å². The van der Waals surface area contributed by atoms with Crippen molar-refractivity contribution in [3.63, 3.8) is 0 Å². The van der Waals surface area contributed by atoms with E-state index >= 15 is 0 Å². The first-order valence-electron chi connectivity index (χ1n) is 15.3. The molecule has 3 aromatic carbocycles. The molecule has 0 N–H and O–H groups in total. The van der Waals surface area contributed by atoms with E-state index in [1.807, 2.05) is 0 Å². The van der Waals surface area contributed by atoms with Gasteiger partial charge in [0, 0.05) is 10.8 Å². The van der Waals surface area contributed by atoms with Crippen molar-refractivity contribution in [2.24, 2.45) is 22.2 Å². The molecular formula is C41H46. The van der Waals surface area contributed by atoms with Crippen molar-refractivity contribution in [1.29, 1.82) is 0 Å². The Kier molecular flexibility index (Phi) is 6.14. The van der Waals surface area contributed by atoms with Crippen molar-refractivity contribution in [2.75, 3.05) is 0 Å². The fourth-order valence-electron chi connectivity index (χ4n) is 9.86. The third kappa shape index (κ3) is 3.46. The van der Waals surface area contributed by atoms with Gasteiger partial charge >= 0.3 is 0 Å². The summed E-state index contributed by atoms with van der Waals surface area (Å²) < 4.78 is 0. The summed E-state index contributed by atoms with van der Waals surface area (Å²) in [6, 6.07) is 22.7. The molecule has 0 fully saturated rings. The molecule has 0 heteroatoms.